The zero-order chi connectivity index (χ0) is 24.1. The van der Waals surface area contributed by atoms with Crippen LogP contribution in [0, 0.1) is 0 Å². The summed E-state index contributed by atoms with van der Waals surface area (Å²) in [7, 11) is 0. The van der Waals surface area contributed by atoms with Gasteiger partial charge in [-0.3, -0.25) is 0 Å². The molecule has 0 amide bonds. The summed E-state index contributed by atoms with van der Waals surface area (Å²) in [5.74, 6) is 0.539. The van der Waals surface area contributed by atoms with Gasteiger partial charge < -0.3 is 9.84 Å². The first-order chi connectivity index (χ1) is 14.9. The van der Waals surface area contributed by atoms with Gasteiger partial charge in [-0.2, -0.15) is 0 Å². The summed E-state index contributed by atoms with van der Waals surface area (Å²) >= 11 is 0. The number of rotatable bonds is 8. The number of ether oxygens (including phenoxy) is 1. The third kappa shape index (κ3) is 6.60. The molecule has 0 fully saturated rings. The Hall–Kier alpha value is -2.29. The molecule has 0 radical (unpaired) electrons. The topological polar surface area (TPSA) is 46.5 Å². The second-order valence-corrected chi connectivity index (χ2v) is 11.0. The van der Waals surface area contributed by atoms with Crippen LogP contribution in [-0.2, 0) is 23.7 Å². The Kier molecular flexibility index (Phi) is 8.56. The van der Waals surface area contributed by atoms with Crippen LogP contribution in [-0.4, -0.2) is 11.1 Å². The number of hydrogen-bond acceptors (Lipinski definition) is 3. The van der Waals surface area contributed by atoms with Gasteiger partial charge in [-0.15, -0.1) is 0 Å². The molecule has 0 heterocycles. The van der Waals surface area contributed by atoms with Crippen LogP contribution in [0.3, 0.4) is 0 Å². The Bertz CT molecular complexity index is 891. The van der Waals surface area contributed by atoms with Crippen LogP contribution in [0.5, 0.6) is 11.5 Å². The Balaban J connectivity index is 2.45. The molecule has 2 aromatic rings. The van der Waals surface area contributed by atoms with Gasteiger partial charge in [-0.05, 0) is 65.8 Å². The molecule has 0 aromatic heterocycles. The molecule has 3 nitrogen and oxygen atoms in total. The van der Waals surface area contributed by atoms with E-state index < -0.39 is 0 Å². The standard InChI is InChI=1S/C29H42O3/c1-9-11-13-20-15-16-25(21(17-20)14-12-10-2)32-27(31)22-18-23(28(3,4)5)26(30)24(19-22)29(6,7)8/h15-19,30H,9-14H2,1-8H3. The van der Waals surface area contributed by atoms with Crippen LogP contribution >= 0.6 is 0 Å². The fourth-order valence-electron chi connectivity index (χ4n) is 3.89. The number of unbranched alkanes of at least 4 members (excludes halogenated alkanes) is 2. The highest BCUT2D eigenvalue weighted by atomic mass is 16.5. The molecule has 32 heavy (non-hydrogen) atoms. The summed E-state index contributed by atoms with van der Waals surface area (Å²) in [5.41, 5.74) is 3.80. The van der Waals surface area contributed by atoms with E-state index in [4.69, 9.17) is 4.74 Å². The van der Waals surface area contributed by atoms with E-state index in [1.54, 1.807) is 12.1 Å². The van der Waals surface area contributed by atoms with Gasteiger partial charge in [0, 0.05) is 11.1 Å². The van der Waals surface area contributed by atoms with Crippen molar-refractivity contribution < 1.29 is 14.6 Å². The molecule has 176 valence electrons. The Labute approximate surface area is 195 Å². The zero-order valence-corrected chi connectivity index (χ0v) is 21.4. The van der Waals surface area contributed by atoms with Crippen LogP contribution in [0.15, 0.2) is 30.3 Å². The fraction of sp³-hybridized carbons (Fsp3) is 0.552. The molecule has 0 spiro atoms. The number of esters is 1. The highest BCUT2D eigenvalue weighted by molar-refractivity contribution is 5.92. The van der Waals surface area contributed by atoms with Crippen molar-refractivity contribution in [2.45, 2.75) is 105 Å². The molecule has 3 heteroatoms. The number of aryl methyl sites for hydroxylation is 2. The van der Waals surface area contributed by atoms with E-state index >= 15 is 0 Å². The molecule has 0 saturated carbocycles. The van der Waals surface area contributed by atoms with Gasteiger partial charge in [0.25, 0.3) is 0 Å². The van der Waals surface area contributed by atoms with Crippen molar-refractivity contribution >= 4 is 5.97 Å². The molecule has 0 bridgehead atoms. The van der Waals surface area contributed by atoms with Crippen molar-refractivity contribution in [3.05, 3.63) is 58.1 Å². The summed E-state index contributed by atoms with van der Waals surface area (Å²) < 4.78 is 5.94. The average molecular weight is 439 g/mol. The van der Waals surface area contributed by atoms with Crippen LogP contribution in [0.2, 0.25) is 0 Å². The first kappa shape index (κ1) is 26.0. The maximum Gasteiger partial charge on any atom is 0.343 e. The molecule has 0 atom stereocenters. The maximum absolute atomic E-state index is 13.3. The number of phenolic OH excluding ortho intramolecular Hbond substituents is 1. The normalized spacial score (nSPS) is 12.1. The number of phenols is 1. The molecule has 0 saturated heterocycles. The van der Waals surface area contributed by atoms with Crippen molar-refractivity contribution in [2.24, 2.45) is 0 Å². The monoisotopic (exact) mass is 438 g/mol. The number of hydrogen-bond donors (Lipinski definition) is 1. The SMILES string of the molecule is CCCCc1ccc(OC(=O)c2cc(C(C)(C)C)c(O)c(C(C)(C)C)c2)c(CCCC)c1. The van der Waals surface area contributed by atoms with Crippen molar-refractivity contribution in [1.82, 2.24) is 0 Å². The Morgan fingerprint density at radius 2 is 1.38 bits per heavy atom. The van der Waals surface area contributed by atoms with Crippen LogP contribution in [0.4, 0.5) is 0 Å². The Morgan fingerprint density at radius 3 is 1.88 bits per heavy atom. The number of carbonyl (C=O) groups is 1. The summed E-state index contributed by atoms with van der Waals surface area (Å²) in [6.07, 6.45) is 6.41. The number of benzene rings is 2. The molecular formula is C29H42O3. The van der Waals surface area contributed by atoms with Crippen molar-refractivity contribution in [1.29, 1.82) is 0 Å². The van der Waals surface area contributed by atoms with Gasteiger partial charge >= 0.3 is 5.97 Å². The third-order valence-corrected chi connectivity index (χ3v) is 5.91. The summed E-state index contributed by atoms with van der Waals surface area (Å²) in [5, 5.41) is 10.9. The molecule has 1 N–H and O–H groups in total. The lowest BCUT2D eigenvalue weighted by Crippen LogP contribution is -2.20. The van der Waals surface area contributed by atoms with E-state index in [1.807, 2.05) is 47.6 Å². The number of carbonyl (C=O) groups excluding carboxylic acids is 1. The highest BCUT2D eigenvalue weighted by Gasteiger charge is 2.28. The fourth-order valence-corrected chi connectivity index (χ4v) is 3.89. The van der Waals surface area contributed by atoms with E-state index in [0.29, 0.717) is 11.3 Å². The molecule has 2 aromatic carbocycles. The van der Waals surface area contributed by atoms with Crippen LogP contribution in [0.25, 0.3) is 0 Å². The summed E-state index contributed by atoms with van der Waals surface area (Å²) in [6.45, 7) is 16.6. The summed E-state index contributed by atoms with van der Waals surface area (Å²) in [6, 6.07) is 9.80. The van der Waals surface area contributed by atoms with Crippen molar-refractivity contribution in [3.63, 3.8) is 0 Å². The molecule has 2 rings (SSSR count). The van der Waals surface area contributed by atoms with Crippen molar-refractivity contribution in [3.8, 4) is 11.5 Å². The van der Waals surface area contributed by atoms with Gasteiger partial charge in [0.05, 0.1) is 5.56 Å². The zero-order valence-electron chi connectivity index (χ0n) is 21.4. The lowest BCUT2D eigenvalue weighted by molar-refractivity contribution is 0.0732. The van der Waals surface area contributed by atoms with Crippen LogP contribution in [0.1, 0.15) is 114 Å². The van der Waals surface area contributed by atoms with E-state index in [0.717, 1.165) is 55.2 Å². The quantitative estimate of drug-likeness (QED) is 0.337. The van der Waals surface area contributed by atoms with Gasteiger partial charge in [-0.25, -0.2) is 4.79 Å². The predicted octanol–water partition coefficient (Wildman–Crippen LogP) is 7.89. The van der Waals surface area contributed by atoms with Crippen LogP contribution < -0.4 is 4.74 Å². The Morgan fingerprint density at radius 1 is 0.844 bits per heavy atom. The van der Waals surface area contributed by atoms with E-state index in [2.05, 4.69) is 26.0 Å². The minimum Gasteiger partial charge on any atom is -0.507 e. The predicted molar refractivity (Wildman–Crippen MR) is 134 cm³/mol. The van der Waals surface area contributed by atoms with Gasteiger partial charge in [-0.1, -0.05) is 80.4 Å². The minimum absolute atomic E-state index is 0.269. The lowest BCUT2D eigenvalue weighted by Gasteiger charge is -2.28. The van der Waals surface area contributed by atoms with Gasteiger partial charge in [0.1, 0.15) is 11.5 Å². The van der Waals surface area contributed by atoms with Crippen molar-refractivity contribution in [2.75, 3.05) is 0 Å². The van der Waals surface area contributed by atoms with E-state index in [-0.39, 0.29) is 22.5 Å². The van der Waals surface area contributed by atoms with E-state index in [9.17, 15) is 9.90 Å². The largest absolute Gasteiger partial charge is 0.507 e. The van der Waals surface area contributed by atoms with Gasteiger partial charge in [0.15, 0.2) is 0 Å². The molecule has 0 aliphatic rings. The second-order valence-electron chi connectivity index (χ2n) is 11.0. The minimum atomic E-state index is -0.375. The highest BCUT2D eigenvalue weighted by Crippen LogP contribution is 2.40. The summed E-state index contributed by atoms with van der Waals surface area (Å²) in [4.78, 5) is 13.3. The lowest BCUT2D eigenvalue weighted by atomic mass is 9.78. The number of aromatic hydroxyl groups is 1. The smallest absolute Gasteiger partial charge is 0.343 e. The third-order valence-electron chi connectivity index (χ3n) is 5.91. The average Bonchev–Trinajstić information content (AvgIpc) is 2.70. The first-order valence-corrected chi connectivity index (χ1v) is 12.1. The van der Waals surface area contributed by atoms with E-state index in [1.165, 1.54) is 5.56 Å². The van der Waals surface area contributed by atoms with Gasteiger partial charge in [0.2, 0.25) is 0 Å². The molecular weight excluding hydrogens is 396 g/mol. The second kappa shape index (κ2) is 10.6. The molecule has 0 aliphatic heterocycles. The molecule has 0 aliphatic carbocycles. The first-order valence-electron chi connectivity index (χ1n) is 12.1. The maximum atomic E-state index is 13.3. The molecule has 0 unspecified atom stereocenters.